The van der Waals surface area contributed by atoms with Gasteiger partial charge in [-0.3, -0.25) is 4.79 Å². The van der Waals surface area contributed by atoms with E-state index in [1.54, 1.807) is 6.92 Å². The minimum absolute atomic E-state index is 0.125. The van der Waals surface area contributed by atoms with Gasteiger partial charge in [-0.1, -0.05) is 24.3 Å². The van der Waals surface area contributed by atoms with E-state index in [0.29, 0.717) is 6.54 Å². The van der Waals surface area contributed by atoms with E-state index in [0.717, 1.165) is 41.7 Å². The standard InChI is InChI=1S/C28H40BN3O6/c1-18(35-6)24(31-26(34)36-7)25(33)32-17-9-8-10-23(32)22-16-15-21(30-22)19-11-13-20(14-12-19)29-37-27(2,3)28(4,5)38-29/h11-16,18,23-24,30H,8-10,17H2,1-7H3,(H,31,34)/t18-,23+,24+/m1/s1. The summed E-state index contributed by atoms with van der Waals surface area (Å²) in [6.07, 6.45) is 1.58. The molecule has 1 aromatic heterocycles. The number of benzene rings is 1. The van der Waals surface area contributed by atoms with E-state index in [9.17, 15) is 9.59 Å². The number of H-pyrrole nitrogens is 1. The Bertz CT molecular complexity index is 1120. The van der Waals surface area contributed by atoms with Gasteiger partial charge in [0, 0.05) is 25.0 Å². The van der Waals surface area contributed by atoms with Crippen molar-refractivity contribution in [1.29, 1.82) is 0 Å². The largest absolute Gasteiger partial charge is 0.494 e. The summed E-state index contributed by atoms with van der Waals surface area (Å²) in [4.78, 5) is 30.9. The number of hydrogen-bond donors (Lipinski definition) is 2. The van der Waals surface area contributed by atoms with Crippen molar-refractivity contribution in [2.75, 3.05) is 20.8 Å². The first-order valence-electron chi connectivity index (χ1n) is 13.3. The minimum Gasteiger partial charge on any atom is -0.453 e. The van der Waals surface area contributed by atoms with Crippen LogP contribution in [0.1, 0.15) is 65.6 Å². The number of likely N-dealkylation sites (tertiary alicyclic amines) is 1. The Morgan fingerprint density at radius 2 is 1.71 bits per heavy atom. The molecule has 10 heteroatoms. The molecule has 2 fully saturated rings. The van der Waals surface area contributed by atoms with Crippen molar-refractivity contribution in [2.24, 2.45) is 0 Å². The van der Waals surface area contributed by atoms with E-state index in [2.05, 4.69) is 22.4 Å². The molecular formula is C28H40BN3O6. The maximum absolute atomic E-state index is 13.6. The zero-order valence-corrected chi connectivity index (χ0v) is 23.5. The number of carbonyl (C=O) groups is 2. The Kier molecular flexibility index (Phi) is 8.25. The van der Waals surface area contributed by atoms with Crippen LogP contribution in [0.2, 0.25) is 0 Å². The van der Waals surface area contributed by atoms with Crippen LogP contribution in [0.4, 0.5) is 4.79 Å². The van der Waals surface area contributed by atoms with Gasteiger partial charge in [0.2, 0.25) is 5.91 Å². The number of rotatable bonds is 7. The van der Waals surface area contributed by atoms with Gasteiger partial charge in [-0.05, 0) is 77.0 Å². The van der Waals surface area contributed by atoms with Crippen molar-refractivity contribution in [3.05, 3.63) is 42.1 Å². The van der Waals surface area contributed by atoms with Crippen LogP contribution in [-0.4, -0.2) is 73.1 Å². The number of amides is 2. The molecule has 38 heavy (non-hydrogen) atoms. The van der Waals surface area contributed by atoms with Crippen molar-refractivity contribution in [3.8, 4) is 11.3 Å². The second kappa shape index (κ2) is 11.1. The molecule has 2 saturated heterocycles. The maximum Gasteiger partial charge on any atom is 0.494 e. The van der Waals surface area contributed by atoms with Gasteiger partial charge in [-0.25, -0.2) is 4.79 Å². The topological polar surface area (TPSA) is 102 Å². The minimum atomic E-state index is -0.843. The molecule has 0 saturated carbocycles. The molecule has 0 bridgehead atoms. The molecule has 2 aromatic rings. The van der Waals surface area contributed by atoms with Gasteiger partial charge < -0.3 is 34.0 Å². The van der Waals surface area contributed by atoms with Gasteiger partial charge in [-0.2, -0.15) is 0 Å². The third-order valence-electron chi connectivity index (χ3n) is 8.17. The average molecular weight is 525 g/mol. The molecule has 3 heterocycles. The SMILES string of the molecule is COC(=O)N[C@H](C(=O)N1CCCC[C@H]1c1ccc(-c2ccc(B3OC(C)(C)C(C)(C)O3)cc2)[nH]1)[C@@H](C)OC. The van der Waals surface area contributed by atoms with Crippen LogP contribution in [-0.2, 0) is 23.6 Å². The lowest BCUT2D eigenvalue weighted by Crippen LogP contribution is -2.55. The molecule has 0 radical (unpaired) electrons. The molecule has 2 aliphatic rings. The van der Waals surface area contributed by atoms with Gasteiger partial charge in [-0.15, -0.1) is 0 Å². The molecule has 206 valence electrons. The molecule has 0 aliphatic carbocycles. The first-order valence-corrected chi connectivity index (χ1v) is 13.3. The van der Waals surface area contributed by atoms with Crippen LogP contribution in [0.3, 0.4) is 0 Å². The molecule has 2 N–H and O–H groups in total. The highest BCUT2D eigenvalue weighted by molar-refractivity contribution is 6.62. The van der Waals surface area contributed by atoms with Gasteiger partial charge in [0.1, 0.15) is 6.04 Å². The van der Waals surface area contributed by atoms with Gasteiger partial charge >= 0.3 is 13.2 Å². The monoisotopic (exact) mass is 525 g/mol. The lowest BCUT2D eigenvalue weighted by Gasteiger charge is -2.38. The molecule has 4 rings (SSSR count). The molecule has 1 aromatic carbocycles. The number of nitrogens with zero attached hydrogens (tertiary/aromatic N) is 1. The molecule has 2 aliphatic heterocycles. The third-order valence-corrected chi connectivity index (χ3v) is 8.17. The number of aromatic nitrogens is 1. The number of alkyl carbamates (subject to hydrolysis) is 1. The van der Waals surface area contributed by atoms with Gasteiger partial charge in [0.05, 0.1) is 30.5 Å². The van der Waals surface area contributed by atoms with E-state index in [-0.39, 0.29) is 23.2 Å². The van der Waals surface area contributed by atoms with Gasteiger partial charge in [0.25, 0.3) is 0 Å². The summed E-state index contributed by atoms with van der Waals surface area (Å²) in [5, 5.41) is 2.65. The highest BCUT2D eigenvalue weighted by Gasteiger charge is 2.51. The smallest absolute Gasteiger partial charge is 0.453 e. The van der Waals surface area contributed by atoms with Crippen molar-refractivity contribution in [2.45, 2.75) is 83.3 Å². The van der Waals surface area contributed by atoms with Crippen molar-refractivity contribution in [1.82, 2.24) is 15.2 Å². The quantitative estimate of drug-likeness (QED) is 0.534. The van der Waals surface area contributed by atoms with Crippen LogP contribution in [0.15, 0.2) is 36.4 Å². The van der Waals surface area contributed by atoms with E-state index in [1.807, 2.05) is 56.9 Å². The zero-order valence-electron chi connectivity index (χ0n) is 23.5. The van der Waals surface area contributed by atoms with Crippen molar-refractivity contribution in [3.63, 3.8) is 0 Å². The van der Waals surface area contributed by atoms with E-state index in [4.69, 9.17) is 18.8 Å². The molecular weight excluding hydrogens is 485 g/mol. The summed E-state index contributed by atoms with van der Waals surface area (Å²) >= 11 is 0. The third kappa shape index (κ3) is 5.62. The Labute approximate surface area is 225 Å². The van der Waals surface area contributed by atoms with E-state index in [1.165, 1.54) is 14.2 Å². The normalized spacial score (nSPS) is 22.1. The predicted molar refractivity (Wildman–Crippen MR) is 146 cm³/mol. The fourth-order valence-corrected chi connectivity index (χ4v) is 4.97. The Morgan fingerprint density at radius 1 is 1.05 bits per heavy atom. The zero-order chi connectivity index (χ0) is 27.7. The van der Waals surface area contributed by atoms with Crippen LogP contribution in [0, 0.1) is 0 Å². The fourth-order valence-electron chi connectivity index (χ4n) is 4.97. The molecule has 0 unspecified atom stereocenters. The van der Waals surface area contributed by atoms with Crippen LogP contribution in [0.25, 0.3) is 11.3 Å². The second-order valence-corrected chi connectivity index (χ2v) is 11.1. The number of carbonyl (C=O) groups excluding carboxylic acids is 2. The summed E-state index contributed by atoms with van der Waals surface area (Å²) in [7, 11) is 2.39. The van der Waals surface area contributed by atoms with Gasteiger partial charge in [0.15, 0.2) is 0 Å². The van der Waals surface area contributed by atoms with Crippen LogP contribution < -0.4 is 10.8 Å². The highest BCUT2D eigenvalue weighted by atomic mass is 16.7. The molecule has 9 nitrogen and oxygen atoms in total. The van der Waals surface area contributed by atoms with Crippen LogP contribution in [0.5, 0.6) is 0 Å². The first kappa shape index (κ1) is 28.2. The number of ether oxygens (including phenoxy) is 2. The van der Waals surface area contributed by atoms with E-state index < -0.39 is 25.4 Å². The summed E-state index contributed by atoms with van der Waals surface area (Å²) in [5.74, 6) is -0.183. The number of piperidine rings is 1. The molecule has 0 spiro atoms. The summed E-state index contributed by atoms with van der Waals surface area (Å²) < 4.78 is 22.5. The lowest BCUT2D eigenvalue weighted by molar-refractivity contribution is -0.140. The number of aromatic amines is 1. The predicted octanol–water partition coefficient (Wildman–Crippen LogP) is 3.79. The maximum atomic E-state index is 13.6. The van der Waals surface area contributed by atoms with E-state index >= 15 is 0 Å². The lowest BCUT2D eigenvalue weighted by atomic mass is 9.79. The second-order valence-electron chi connectivity index (χ2n) is 11.1. The number of nitrogens with one attached hydrogen (secondary N) is 2. The Balaban J connectivity index is 1.51. The summed E-state index contributed by atoms with van der Waals surface area (Å²) in [5.41, 5.74) is 3.15. The molecule has 3 atom stereocenters. The van der Waals surface area contributed by atoms with Crippen LogP contribution >= 0.6 is 0 Å². The number of hydrogen-bond acceptors (Lipinski definition) is 6. The van der Waals surface area contributed by atoms with Crippen molar-refractivity contribution >= 4 is 24.6 Å². The Hall–Kier alpha value is -2.82. The first-order chi connectivity index (χ1) is 18.0. The van der Waals surface area contributed by atoms with Crippen molar-refractivity contribution < 1.29 is 28.4 Å². The average Bonchev–Trinajstić information content (AvgIpc) is 3.48. The highest BCUT2D eigenvalue weighted by Crippen LogP contribution is 2.37. The Morgan fingerprint density at radius 3 is 2.32 bits per heavy atom. The number of methoxy groups -OCH3 is 2. The summed E-state index contributed by atoms with van der Waals surface area (Å²) in [6.45, 7) is 10.6. The molecule has 2 amide bonds. The summed E-state index contributed by atoms with van der Waals surface area (Å²) in [6, 6.07) is 11.3. The fraction of sp³-hybridized carbons (Fsp3) is 0.571.